The third kappa shape index (κ3) is 3.65. The van der Waals surface area contributed by atoms with E-state index in [1.54, 1.807) is 0 Å². The van der Waals surface area contributed by atoms with Crippen molar-refractivity contribution in [2.24, 2.45) is 11.8 Å². The number of Topliss-reactive ketones (excluding diaryl/α,β-unsaturated/α-hetero) is 1. The molecule has 1 rings (SSSR count). The van der Waals surface area contributed by atoms with Crippen molar-refractivity contribution in [1.29, 1.82) is 0 Å². The van der Waals surface area contributed by atoms with Crippen LogP contribution in [-0.2, 0) is 9.59 Å². The Balaban J connectivity index is 2.37. The fraction of sp³-hybridized carbons (Fsp3) is 0.833. The molecule has 0 aromatic carbocycles. The summed E-state index contributed by atoms with van der Waals surface area (Å²) in [5, 5.41) is 0. The molecule has 1 aliphatic heterocycles. The number of rotatable bonds is 3. The van der Waals surface area contributed by atoms with E-state index in [2.05, 4.69) is 13.8 Å². The summed E-state index contributed by atoms with van der Waals surface area (Å²) in [6.45, 7) is 7.60. The number of carbonyl (C=O) groups is 2. The zero-order valence-electron chi connectivity index (χ0n) is 9.95. The second kappa shape index (κ2) is 5.29. The van der Waals surface area contributed by atoms with E-state index in [9.17, 15) is 9.59 Å². The van der Waals surface area contributed by atoms with E-state index in [1.165, 1.54) is 6.92 Å². The second-order valence-corrected chi connectivity index (χ2v) is 4.84. The standard InChI is InChI=1S/C12H21NO2/c1-9(2)11-4-6-13(7-5-11)12(15)8-10(3)14/h9,11H,4-8H2,1-3H3. The van der Waals surface area contributed by atoms with Crippen molar-refractivity contribution in [3.05, 3.63) is 0 Å². The Morgan fingerprint density at radius 2 is 1.80 bits per heavy atom. The van der Waals surface area contributed by atoms with Crippen LogP contribution in [0.2, 0.25) is 0 Å². The summed E-state index contributed by atoms with van der Waals surface area (Å²) in [7, 11) is 0. The predicted octanol–water partition coefficient (Wildman–Crippen LogP) is 1.86. The first kappa shape index (κ1) is 12.2. The SMILES string of the molecule is CC(=O)CC(=O)N1CCC(C(C)C)CC1. The molecule has 0 aromatic rings. The van der Waals surface area contributed by atoms with Crippen molar-refractivity contribution >= 4 is 11.7 Å². The van der Waals surface area contributed by atoms with Crippen molar-refractivity contribution in [2.45, 2.75) is 40.0 Å². The Morgan fingerprint density at radius 3 is 2.20 bits per heavy atom. The van der Waals surface area contributed by atoms with Gasteiger partial charge in [0.25, 0.3) is 0 Å². The summed E-state index contributed by atoms with van der Waals surface area (Å²) in [5.74, 6) is 1.41. The quantitative estimate of drug-likeness (QED) is 0.668. The highest BCUT2D eigenvalue weighted by molar-refractivity contribution is 5.96. The summed E-state index contributed by atoms with van der Waals surface area (Å²) in [4.78, 5) is 24.2. The summed E-state index contributed by atoms with van der Waals surface area (Å²) in [6.07, 6.45) is 2.25. The van der Waals surface area contributed by atoms with Gasteiger partial charge in [-0.2, -0.15) is 0 Å². The van der Waals surface area contributed by atoms with Gasteiger partial charge < -0.3 is 4.90 Å². The lowest BCUT2D eigenvalue weighted by Gasteiger charge is -2.33. The molecule has 1 amide bonds. The van der Waals surface area contributed by atoms with Gasteiger partial charge in [0.15, 0.2) is 0 Å². The number of nitrogens with zero attached hydrogens (tertiary/aromatic N) is 1. The van der Waals surface area contributed by atoms with E-state index in [1.807, 2.05) is 4.90 Å². The summed E-state index contributed by atoms with van der Waals surface area (Å²) >= 11 is 0. The van der Waals surface area contributed by atoms with E-state index in [0.29, 0.717) is 5.92 Å². The van der Waals surface area contributed by atoms with Crippen molar-refractivity contribution in [3.8, 4) is 0 Å². The van der Waals surface area contributed by atoms with Gasteiger partial charge in [0.05, 0.1) is 6.42 Å². The van der Waals surface area contributed by atoms with Gasteiger partial charge in [0.2, 0.25) is 5.91 Å². The molecule has 3 heteroatoms. The summed E-state index contributed by atoms with van der Waals surface area (Å²) in [6, 6.07) is 0. The predicted molar refractivity (Wildman–Crippen MR) is 59.4 cm³/mol. The number of likely N-dealkylation sites (tertiary alicyclic amines) is 1. The minimum atomic E-state index is -0.0361. The van der Waals surface area contributed by atoms with Crippen molar-refractivity contribution < 1.29 is 9.59 Å². The van der Waals surface area contributed by atoms with Gasteiger partial charge in [0.1, 0.15) is 5.78 Å². The number of hydrogen-bond acceptors (Lipinski definition) is 2. The molecule has 0 atom stereocenters. The van der Waals surface area contributed by atoms with Gasteiger partial charge >= 0.3 is 0 Å². The molecule has 0 N–H and O–H groups in total. The van der Waals surface area contributed by atoms with Crippen LogP contribution >= 0.6 is 0 Å². The van der Waals surface area contributed by atoms with Crippen LogP contribution in [0.1, 0.15) is 40.0 Å². The minimum Gasteiger partial charge on any atom is -0.342 e. The average Bonchev–Trinajstić information content (AvgIpc) is 2.17. The van der Waals surface area contributed by atoms with Crippen LogP contribution in [0.4, 0.5) is 0 Å². The first-order valence-corrected chi connectivity index (χ1v) is 5.78. The van der Waals surface area contributed by atoms with Crippen LogP contribution in [0, 0.1) is 11.8 Å². The lowest BCUT2D eigenvalue weighted by molar-refractivity contribution is -0.136. The molecule has 15 heavy (non-hydrogen) atoms. The van der Waals surface area contributed by atoms with Gasteiger partial charge in [-0.1, -0.05) is 13.8 Å². The zero-order valence-corrected chi connectivity index (χ0v) is 9.95. The molecule has 1 fully saturated rings. The maximum Gasteiger partial charge on any atom is 0.230 e. The lowest BCUT2D eigenvalue weighted by Crippen LogP contribution is -2.40. The molecule has 0 aliphatic carbocycles. The van der Waals surface area contributed by atoms with E-state index in [0.717, 1.165) is 31.8 Å². The zero-order chi connectivity index (χ0) is 11.4. The van der Waals surface area contributed by atoms with E-state index >= 15 is 0 Å². The van der Waals surface area contributed by atoms with Crippen LogP contribution in [0.3, 0.4) is 0 Å². The summed E-state index contributed by atoms with van der Waals surface area (Å²) < 4.78 is 0. The molecule has 1 heterocycles. The Labute approximate surface area is 91.8 Å². The Kier molecular flexibility index (Phi) is 4.30. The maximum atomic E-state index is 11.6. The smallest absolute Gasteiger partial charge is 0.230 e. The minimum absolute atomic E-state index is 0.00436. The van der Waals surface area contributed by atoms with Gasteiger partial charge in [-0.25, -0.2) is 0 Å². The number of piperidine rings is 1. The van der Waals surface area contributed by atoms with Crippen LogP contribution in [0.5, 0.6) is 0 Å². The number of amides is 1. The molecule has 0 bridgehead atoms. The molecular weight excluding hydrogens is 190 g/mol. The van der Waals surface area contributed by atoms with Crippen molar-refractivity contribution in [1.82, 2.24) is 4.90 Å². The van der Waals surface area contributed by atoms with Crippen LogP contribution < -0.4 is 0 Å². The van der Waals surface area contributed by atoms with Gasteiger partial charge in [-0.3, -0.25) is 9.59 Å². The fourth-order valence-electron chi connectivity index (χ4n) is 2.14. The molecule has 0 unspecified atom stereocenters. The van der Waals surface area contributed by atoms with E-state index in [4.69, 9.17) is 0 Å². The Hall–Kier alpha value is -0.860. The van der Waals surface area contributed by atoms with Crippen molar-refractivity contribution in [2.75, 3.05) is 13.1 Å². The second-order valence-electron chi connectivity index (χ2n) is 4.84. The molecular formula is C12H21NO2. The molecule has 3 nitrogen and oxygen atoms in total. The van der Waals surface area contributed by atoms with E-state index in [-0.39, 0.29) is 18.1 Å². The van der Waals surface area contributed by atoms with Gasteiger partial charge in [-0.15, -0.1) is 0 Å². The van der Waals surface area contributed by atoms with Crippen LogP contribution in [0.15, 0.2) is 0 Å². The monoisotopic (exact) mass is 211 g/mol. The van der Waals surface area contributed by atoms with Gasteiger partial charge in [0, 0.05) is 13.1 Å². The van der Waals surface area contributed by atoms with Crippen LogP contribution in [-0.4, -0.2) is 29.7 Å². The number of hydrogen-bond donors (Lipinski definition) is 0. The molecule has 1 saturated heterocycles. The number of ketones is 1. The largest absolute Gasteiger partial charge is 0.342 e. The Bertz CT molecular complexity index is 240. The third-order valence-electron chi connectivity index (χ3n) is 3.24. The highest BCUT2D eigenvalue weighted by atomic mass is 16.2. The Morgan fingerprint density at radius 1 is 1.27 bits per heavy atom. The first-order valence-electron chi connectivity index (χ1n) is 5.78. The molecule has 1 aliphatic rings. The van der Waals surface area contributed by atoms with Gasteiger partial charge in [-0.05, 0) is 31.6 Å². The third-order valence-corrected chi connectivity index (χ3v) is 3.24. The topological polar surface area (TPSA) is 37.4 Å². The van der Waals surface area contributed by atoms with Crippen LogP contribution in [0.25, 0.3) is 0 Å². The molecule has 0 radical (unpaired) electrons. The maximum absolute atomic E-state index is 11.6. The summed E-state index contributed by atoms with van der Waals surface area (Å²) in [5.41, 5.74) is 0. The average molecular weight is 211 g/mol. The molecule has 0 saturated carbocycles. The van der Waals surface area contributed by atoms with Crippen molar-refractivity contribution in [3.63, 3.8) is 0 Å². The number of carbonyl (C=O) groups excluding carboxylic acids is 2. The lowest BCUT2D eigenvalue weighted by atomic mass is 9.86. The highest BCUT2D eigenvalue weighted by Crippen LogP contribution is 2.24. The normalized spacial score (nSPS) is 18.3. The first-order chi connectivity index (χ1) is 7.00. The molecule has 86 valence electrons. The highest BCUT2D eigenvalue weighted by Gasteiger charge is 2.24. The molecule has 0 aromatic heterocycles. The molecule has 0 spiro atoms. The fourth-order valence-corrected chi connectivity index (χ4v) is 2.14. The van der Waals surface area contributed by atoms with E-state index < -0.39 is 0 Å².